The summed E-state index contributed by atoms with van der Waals surface area (Å²) in [6.07, 6.45) is 2.44. The molecule has 1 N–H and O–H groups in total. The van der Waals surface area contributed by atoms with Crippen molar-refractivity contribution >= 4 is 17.8 Å². The first kappa shape index (κ1) is 19.5. The molecule has 9 heteroatoms. The van der Waals surface area contributed by atoms with E-state index < -0.39 is 11.9 Å². The normalized spacial score (nSPS) is 14.7. The molecule has 1 aliphatic heterocycles. The molecule has 0 aliphatic carbocycles. The second kappa shape index (κ2) is 8.64. The molecule has 1 fully saturated rings. The standard InChI is InChI=1S/C19H23N5O4/c1-22(13-17(25)23-9-7-15(8-10-23)19(27)28)18(26)16-12-24(21-20-16)11-14-5-3-2-4-6-14/h2-6,12,15H,7-11,13H2,1H3,(H,27,28). The zero-order valence-corrected chi connectivity index (χ0v) is 15.7. The van der Waals surface area contributed by atoms with Crippen molar-refractivity contribution in [2.24, 2.45) is 5.92 Å². The van der Waals surface area contributed by atoms with Gasteiger partial charge in [-0.3, -0.25) is 14.4 Å². The first-order chi connectivity index (χ1) is 13.4. The summed E-state index contributed by atoms with van der Waals surface area (Å²) < 4.78 is 1.58. The van der Waals surface area contributed by atoms with E-state index in [1.807, 2.05) is 30.3 Å². The number of likely N-dealkylation sites (tertiary alicyclic amines) is 1. The van der Waals surface area contributed by atoms with E-state index in [0.29, 0.717) is 32.5 Å². The highest BCUT2D eigenvalue weighted by Crippen LogP contribution is 2.17. The van der Waals surface area contributed by atoms with Gasteiger partial charge in [-0.2, -0.15) is 0 Å². The molecule has 148 valence electrons. The fourth-order valence-electron chi connectivity index (χ4n) is 3.19. The van der Waals surface area contributed by atoms with Crippen LogP contribution in [0.1, 0.15) is 28.9 Å². The molecule has 1 aromatic carbocycles. The van der Waals surface area contributed by atoms with Gasteiger partial charge in [0.15, 0.2) is 5.69 Å². The molecule has 28 heavy (non-hydrogen) atoms. The molecule has 2 amide bonds. The average Bonchev–Trinajstić information content (AvgIpc) is 3.16. The fourth-order valence-corrected chi connectivity index (χ4v) is 3.19. The van der Waals surface area contributed by atoms with Crippen LogP contribution in [0.25, 0.3) is 0 Å². The molecule has 3 rings (SSSR count). The number of hydrogen-bond acceptors (Lipinski definition) is 5. The molecule has 0 saturated carbocycles. The largest absolute Gasteiger partial charge is 0.481 e. The second-order valence-corrected chi connectivity index (χ2v) is 6.94. The lowest BCUT2D eigenvalue weighted by Crippen LogP contribution is -2.45. The molecule has 1 aromatic heterocycles. The number of benzene rings is 1. The number of amides is 2. The Morgan fingerprint density at radius 2 is 1.86 bits per heavy atom. The zero-order valence-electron chi connectivity index (χ0n) is 15.7. The van der Waals surface area contributed by atoms with Crippen molar-refractivity contribution in [1.29, 1.82) is 0 Å². The van der Waals surface area contributed by atoms with Gasteiger partial charge in [0.1, 0.15) is 0 Å². The van der Waals surface area contributed by atoms with Gasteiger partial charge in [-0.1, -0.05) is 35.5 Å². The third-order valence-corrected chi connectivity index (χ3v) is 4.86. The van der Waals surface area contributed by atoms with Crippen LogP contribution in [0.15, 0.2) is 36.5 Å². The Morgan fingerprint density at radius 3 is 2.50 bits per heavy atom. The van der Waals surface area contributed by atoms with Crippen LogP contribution < -0.4 is 0 Å². The topological polar surface area (TPSA) is 109 Å². The van der Waals surface area contributed by atoms with Crippen LogP contribution >= 0.6 is 0 Å². The molecule has 1 saturated heterocycles. The lowest BCUT2D eigenvalue weighted by molar-refractivity contribution is -0.145. The predicted octanol–water partition coefficient (Wildman–Crippen LogP) is 0.722. The van der Waals surface area contributed by atoms with Gasteiger partial charge >= 0.3 is 5.97 Å². The fraction of sp³-hybridized carbons (Fsp3) is 0.421. The van der Waals surface area contributed by atoms with E-state index in [1.165, 1.54) is 4.90 Å². The lowest BCUT2D eigenvalue weighted by Gasteiger charge is -2.31. The van der Waals surface area contributed by atoms with Crippen LogP contribution in [0.3, 0.4) is 0 Å². The SMILES string of the molecule is CN(CC(=O)N1CCC(C(=O)O)CC1)C(=O)c1cn(Cc2ccccc2)nn1. The summed E-state index contributed by atoms with van der Waals surface area (Å²) >= 11 is 0. The van der Waals surface area contributed by atoms with E-state index >= 15 is 0 Å². The second-order valence-electron chi connectivity index (χ2n) is 6.94. The number of aliphatic carboxylic acids is 1. The highest BCUT2D eigenvalue weighted by atomic mass is 16.4. The minimum Gasteiger partial charge on any atom is -0.481 e. The van der Waals surface area contributed by atoms with Gasteiger partial charge in [0.05, 0.1) is 25.2 Å². The highest BCUT2D eigenvalue weighted by molar-refractivity contribution is 5.94. The Morgan fingerprint density at radius 1 is 1.18 bits per heavy atom. The Labute approximate surface area is 162 Å². The number of carboxylic acid groups (broad SMARTS) is 1. The number of carbonyl (C=O) groups is 3. The Balaban J connectivity index is 1.53. The summed E-state index contributed by atoms with van der Waals surface area (Å²) in [5, 5.41) is 16.9. The Hall–Kier alpha value is -3.23. The number of nitrogens with zero attached hydrogens (tertiary/aromatic N) is 5. The summed E-state index contributed by atoms with van der Waals surface area (Å²) in [5.41, 5.74) is 1.22. The highest BCUT2D eigenvalue weighted by Gasteiger charge is 2.28. The molecule has 2 heterocycles. The van der Waals surface area contributed by atoms with E-state index in [2.05, 4.69) is 10.3 Å². The molecule has 0 spiro atoms. The quantitative estimate of drug-likeness (QED) is 0.785. The van der Waals surface area contributed by atoms with Gasteiger partial charge in [0, 0.05) is 20.1 Å². The molecule has 1 aliphatic rings. The number of piperidine rings is 1. The molecular weight excluding hydrogens is 362 g/mol. The lowest BCUT2D eigenvalue weighted by atomic mass is 9.97. The van der Waals surface area contributed by atoms with E-state index in [1.54, 1.807) is 22.8 Å². The third kappa shape index (κ3) is 4.73. The number of carbonyl (C=O) groups excluding carboxylic acids is 2. The minimum atomic E-state index is -0.821. The van der Waals surface area contributed by atoms with Crippen molar-refractivity contribution in [1.82, 2.24) is 24.8 Å². The number of carboxylic acids is 1. The monoisotopic (exact) mass is 385 g/mol. The van der Waals surface area contributed by atoms with Crippen LogP contribution in [-0.4, -0.2) is 74.4 Å². The van der Waals surface area contributed by atoms with Crippen LogP contribution in [0, 0.1) is 5.92 Å². The van der Waals surface area contributed by atoms with E-state index in [0.717, 1.165) is 5.56 Å². The Bertz CT molecular complexity index is 843. The third-order valence-electron chi connectivity index (χ3n) is 4.86. The molecule has 0 unspecified atom stereocenters. The first-order valence-corrected chi connectivity index (χ1v) is 9.14. The average molecular weight is 385 g/mol. The number of hydrogen-bond donors (Lipinski definition) is 1. The predicted molar refractivity (Wildman–Crippen MR) is 99.5 cm³/mol. The van der Waals surface area contributed by atoms with Gasteiger partial charge in [-0.15, -0.1) is 5.10 Å². The van der Waals surface area contributed by atoms with E-state index in [-0.39, 0.29) is 24.1 Å². The summed E-state index contributed by atoms with van der Waals surface area (Å²) in [6, 6.07) is 9.70. The molecule has 0 bridgehead atoms. The number of likely N-dealkylation sites (N-methyl/N-ethyl adjacent to an activating group) is 1. The Kier molecular flexibility index (Phi) is 6.03. The molecule has 9 nitrogen and oxygen atoms in total. The van der Waals surface area contributed by atoms with Crippen LogP contribution in [-0.2, 0) is 16.1 Å². The summed E-state index contributed by atoms with van der Waals surface area (Å²) in [5.74, 6) is -1.80. The van der Waals surface area contributed by atoms with Gasteiger partial charge in [0.25, 0.3) is 5.91 Å². The zero-order chi connectivity index (χ0) is 20.1. The molecule has 0 atom stereocenters. The summed E-state index contributed by atoms with van der Waals surface area (Å²) in [7, 11) is 1.54. The van der Waals surface area contributed by atoms with Gasteiger partial charge in [0.2, 0.25) is 5.91 Å². The number of rotatable bonds is 6. The van der Waals surface area contributed by atoms with Crippen molar-refractivity contribution in [3.05, 3.63) is 47.8 Å². The van der Waals surface area contributed by atoms with E-state index in [4.69, 9.17) is 5.11 Å². The summed E-state index contributed by atoms with van der Waals surface area (Å²) in [4.78, 5) is 38.9. The van der Waals surface area contributed by atoms with Crippen LogP contribution in [0.5, 0.6) is 0 Å². The van der Waals surface area contributed by atoms with Crippen molar-refractivity contribution < 1.29 is 19.5 Å². The van der Waals surface area contributed by atoms with Crippen molar-refractivity contribution in [2.75, 3.05) is 26.7 Å². The minimum absolute atomic E-state index is 0.0812. The van der Waals surface area contributed by atoms with Gasteiger partial charge in [-0.05, 0) is 18.4 Å². The maximum absolute atomic E-state index is 12.5. The van der Waals surface area contributed by atoms with Crippen LogP contribution in [0.4, 0.5) is 0 Å². The van der Waals surface area contributed by atoms with E-state index in [9.17, 15) is 14.4 Å². The molecule has 0 radical (unpaired) electrons. The first-order valence-electron chi connectivity index (χ1n) is 9.14. The van der Waals surface area contributed by atoms with Crippen molar-refractivity contribution in [3.8, 4) is 0 Å². The van der Waals surface area contributed by atoms with Gasteiger partial charge < -0.3 is 14.9 Å². The molecule has 2 aromatic rings. The van der Waals surface area contributed by atoms with Crippen molar-refractivity contribution in [3.63, 3.8) is 0 Å². The summed E-state index contributed by atoms with van der Waals surface area (Å²) in [6.45, 7) is 1.21. The van der Waals surface area contributed by atoms with Crippen molar-refractivity contribution in [2.45, 2.75) is 19.4 Å². The van der Waals surface area contributed by atoms with Crippen LogP contribution in [0.2, 0.25) is 0 Å². The van der Waals surface area contributed by atoms with Gasteiger partial charge in [-0.25, -0.2) is 4.68 Å². The smallest absolute Gasteiger partial charge is 0.306 e. The molecular formula is C19H23N5O4. The maximum atomic E-state index is 12.5. The maximum Gasteiger partial charge on any atom is 0.306 e. The number of aromatic nitrogens is 3.